The first kappa shape index (κ1) is 25.4. The van der Waals surface area contributed by atoms with Crippen LogP contribution in [0.4, 0.5) is 21.9 Å². The van der Waals surface area contributed by atoms with Gasteiger partial charge in [0.1, 0.15) is 12.0 Å². The summed E-state index contributed by atoms with van der Waals surface area (Å²) >= 11 is 3.44. The zero-order chi connectivity index (χ0) is 25.9. The number of para-hydroxylation sites is 2. The van der Waals surface area contributed by atoms with Crippen LogP contribution in [0.25, 0.3) is 0 Å². The summed E-state index contributed by atoms with van der Waals surface area (Å²) in [5.41, 5.74) is 3.21. The molecule has 0 aromatic heterocycles. The Balaban J connectivity index is 1.58. The molecular formula is C28H28BrN3O4. The van der Waals surface area contributed by atoms with Crippen LogP contribution >= 0.6 is 15.9 Å². The van der Waals surface area contributed by atoms with Gasteiger partial charge < -0.3 is 15.0 Å². The molecule has 7 nitrogen and oxygen atoms in total. The van der Waals surface area contributed by atoms with E-state index in [-0.39, 0.29) is 18.2 Å². The number of halogens is 1. The lowest BCUT2D eigenvalue weighted by atomic mass is 10.1. The first-order chi connectivity index (χ1) is 17.1. The predicted octanol–water partition coefficient (Wildman–Crippen LogP) is 6.08. The predicted molar refractivity (Wildman–Crippen MR) is 143 cm³/mol. The topological polar surface area (TPSA) is 79.0 Å². The molecule has 0 spiro atoms. The molecule has 36 heavy (non-hydrogen) atoms. The molecule has 1 aliphatic heterocycles. The van der Waals surface area contributed by atoms with Crippen LogP contribution in [0.3, 0.4) is 0 Å². The molecule has 0 fully saturated rings. The zero-order valence-corrected chi connectivity index (χ0v) is 22.0. The number of nitrogens with zero attached hydrogens (tertiary/aromatic N) is 2. The number of fused-ring (bicyclic) bond motifs is 1. The second-order valence-corrected chi connectivity index (χ2v) is 10.4. The molecule has 1 aliphatic rings. The number of hydrogen-bond acceptors (Lipinski definition) is 4. The number of benzene rings is 3. The molecule has 0 radical (unpaired) electrons. The molecule has 1 heterocycles. The van der Waals surface area contributed by atoms with Crippen LogP contribution in [0.1, 0.15) is 38.3 Å². The van der Waals surface area contributed by atoms with E-state index in [2.05, 4.69) is 21.2 Å². The molecular weight excluding hydrogens is 522 g/mol. The summed E-state index contributed by atoms with van der Waals surface area (Å²) in [6, 6.07) is 22.5. The van der Waals surface area contributed by atoms with Gasteiger partial charge in [-0.05, 0) is 68.3 Å². The Bertz CT molecular complexity index is 1270. The number of carbonyl (C=O) groups is 3. The fraction of sp³-hybridized carbons (Fsp3) is 0.250. The van der Waals surface area contributed by atoms with Gasteiger partial charge in [-0.3, -0.25) is 14.5 Å². The molecule has 0 aliphatic carbocycles. The summed E-state index contributed by atoms with van der Waals surface area (Å²) in [4.78, 5) is 41.6. The molecule has 0 saturated heterocycles. The Labute approximate surface area is 219 Å². The van der Waals surface area contributed by atoms with Crippen molar-refractivity contribution in [3.05, 3.63) is 88.4 Å². The molecule has 0 bridgehead atoms. The van der Waals surface area contributed by atoms with Gasteiger partial charge in [0.2, 0.25) is 11.8 Å². The van der Waals surface area contributed by atoms with Crippen molar-refractivity contribution >= 4 is 50.9 Å². The maximum absolute atomic E-state index is 13.3. The second kappa shape index (κ2) is 10.5. The summed E-state index contributed by atoms with van der Waals surface area (Å²) in [6.07, 6.45) is -0.736. The van der Waals surface area contributed by atoms with E-state index in [1.54, 1.807) is 9.80 Å². The van der Waals surface area contributed by atoms with Crippen LogP contribution in [-0.4, -0.2) is 23.5 Å². The minimum atomic E-state index is -0.572. The molecule has 4 rings (SSSR count). The van der Waals surface area contributed by atoms with Gasteiger partial charge in [0.15, 0.2) is 0 Å². The third-order valence-corrected chi connectivity index (χ3v) is 6.08. The second-order valence-electron chi connectivity index (χ2n) is 9.52. The third-order valence-electron chi connectivity index (χ3n) is 5.55. The van der Waals surface area contributed by atoms with Crippen LogP contribution in [-0.2, 0) is 27.4 Å². The highest BCUT2D eigenvalue weighted by atomic mass is 79.9. The quantitative estimate of drug-likeness (QED) is 0.391. The highest BCUT2D eigenvalue weighted by molar-refractivity contribution is 9.10. The van der Waals surface area contributed by atoms with E-state index >= 15 is 0 Å². The lowest BCUT2D eigenvalue weighted by Gasteiger charge is -2.26. The van der Waals surface area contributed by atoms with Crippen molar-refractivity contribution in [2.24, 2.45) is 0 Å². The normalized spacial score (nSPS) is 13.8. The number of alkyl carbamates (subject to hydrolysis) is 1. The molecule has 8 heteroatoms. The standard InChI is InChI=1S/C28H28BrN3O4/c1-28(2,3)36-27(35)30-17-19-10-14-22(15-11-19)32-24-7-5-4-6-23(24)31(25(33)16-26(32)34)18-20-8-12-21(29)13-9-20/h4-15H,16-18H2,1-3H3,(H,30,35). The average molecular weight is 550 g/mol. The summed E-state index contributed by atoms with van der Waals surface area (Å²) in [7, 11) is 0. The number of nitrogens with one attached hydrogen (secondary N) is 1. The van der Waals surface area contributed by atoms with E-state index in [4.69, 9.17) is 4.74 Å². The summed E-state index contributed by atoms with van der Waals surface area (Å²) in [6.45, 7) is 6.07. The summed E-state index contributed by atoms with van der Waals surface area (Å²) in [5.74, 6) is -0.554. The van der Waals surface area contributed by atoms with E-state index in [9.17, 15) is 14.4 Å². The number of anilines is 3. The van der Waals surface area contributed by atoms with E-state index in [1.165, 1.54) is 0 Å². The van der Waals surface area contributed by atoms with Crippen molar-refractivity contribution in [2.45, 2.75) is 45.9 Å². The number of amides is 3. The zero-order valence-electron chi connectivity index (χ0n) is 20.5. The SMILES string of the molecule is CC(C)(C)OC(=O)NCc1ccc(N2C(=O)CC(=O)N(Cc3ccc(Br)cc3)c3ccccc32)cc1. The summed E-state index contributed by atoms with van der Waals surface area (Å²) < 4.78 is 6.23. The number of ether oxygens (including phenoxy) is 1. The molecule has 1 N–H and O–H groups in total. The van der Waals surface area contributed by atoms with E-state index in [0.717, 1.165) is 15.6 Å². The number of rotatable bonds is 5. The molecule has 3 aromatic rings. The van der Waals surface area contributed by atoms with Crippen molar-refractivity contribution in [3.8, 4) is 0 Å². The fourth-order valence-electron chi connectivity index (χ4n) is 3.93. The van der Waals surface area contributed by atoms with Crippen molar-refractivity contribution in [1.29, 1.82) is 0 Å². The molecule has 0 atom stereocenters. The molecule has 0 unspecified atom stereocenters. The van der Waals surface area contributed by atoms with Gasteiger partial charge in [-0.2, -0.15) is 0 Å². The van der Waals surface area contributed by atoms with E-state index < -0.39 is 11.7 Å². The number of hydrogen-bond donors (Lipinski definition) is 1. The van der Waals surface area contributed by atoms with E-state index in [1.807, 2.05) is 93.6 Å². The van der Waals surface area contributed by atoms with Crippen molar-refractivity contribution < 1.29 is 19.1 Å². The highest BCUT2D eigenvalue weighted by Crippen LogP contribution is 2.38. The van der Waals surface area contributed by atoms with Crippen molar-refractivity contribution in [2.75, 3.05) is 9.80 Å². The first-order valence-corrected chi connectivity index (χ1v) is 12.4. The molecule has 3 amide bonds. The van der Waals surface area contributed by atoms with Gasteiger partial charge in [-0.15, -0.1) is 0 Å². The Kier molecular flexibility index (Phi) is 7.45. The monoisotopic (exact) mass is 549 g/mol. The van der Waals surface area contributed by atoms with Gasteiger partial charge in [0.05, 0.1) is 17.9 Å². The van der Waals surface area contributed by atoms with Crippen LogP contribution < -0.4 is 15.1 Å². The van der Waals surface area contributed by atoms with Gasteiger partial charge in [0.25, 0.3) is 0 Å². The minimum Gasteiger partial charge on any atom is -0.444 e. The Morgan fingerprint density at radius 1 is 0.889 bits per heavy atom. The fourth-order valence-corrected chi connectivity index (χ4v) is 4.20. The number of carbonyl (C=O) groups excluding carboxylic acids is 3. The Morgan fingerprint density at radius 3 is 2.14 bits per heavy atom. The van der Waals surface area contributed by atoms with Gasteiger partial charge in [-0.25, -0.2) is 4.79 Å². The maximum atomic E-state index is 13.3. The molecule has 3 aromatic carbocycles. The summed E-state index contributed by atoms with van der Waals surface area (Å²) in [5, 5.41) is 2.73. The van der Waals surface area contributed by atoms with Crippen LogP contribution in [0.5, 0.6) is 0 Å². The van der Waals surface area contributed by atoms with Crippen molar-refractivity contribution in [3.63, 3.8) is 0 Å². The first-order valence-electron chi connectivity index (χ1n) is 11.6. The van der Waals surface area contributed by atoms with Crippen LogP contribution in [0.15, 0.2) is 77.3 Å². The Hall–Kier alpha value is -3.65. The Morgan fingerprint density at radius 2 is 1.50 bits per heavy atom. The van der Waals surface area contributed by atoms with Gasteiger partial charge in [0, 0.05) is 16.7 Å². The molecule has 186 valence electrons. The average Bonchev–Trinajstić information content (AvgIpc) is 2.92. The smallest absolute Gasteiger partial charge is 0.407 e. The molecule has 0 saturated carbocycles. The lowest BCUT2D eigenvalue weighted by Crippen LogP contribution is -2.32. The van der Waals surface area contributed by atoms with Crippen LogP contribution in [0.2, 0.25) is 0 Å². The highest BCUT2D eigenvalue weighted by Gasteiger charge is 2.32. The lowest BCUT2D eigenvalue weighted by molar-refractivity contribution is -0.125. The van der Waals surface area contributed by atoms with Crippen LogP contribution in [0, 0.1) is 0 Å². The van der Waals surface area contributed by atoms with E-state index in [0.29, 0.717) is 30.2 Å². The van der Waals surface area contributed by atoms with Gasteiger partial charge >= 0.3 is 6.09 Å². The van der Waals surface area contributed by atoms with Gasteiger partial charge in [-0.1, -0.05) is 52.3 Å². The maximum Gasteiger partial charge on any atom is 0.407 e. The largest absolute Gasteiger partial charge is 0.444 e. The minimum absolute atomic E-state index is 0.243. The third kappa shape index (κ3) is 6.12. The van der Waals surface area contributed by atoms with Crippen molar-refractivity contribution in [1.82, 2.24) is 5.32 Å².